The molecule has 6 nitrogen and oxygen atoms in total. The molecule has 1 amide bonds. The van der Waals surface area contributed by atoms with Crippen molar-refractivity contribution in [1.29, 1.82) is 0 Å². The van der Waals surface area contributed by atoms with E-state index in [0.717, 1.165) is 13.1 Å². The van der Waals surface area contributed by atoms with E-state index in [9.17, 15) is 4.79 Å². The van der Waals surface area contributed by atoms with Gasteiger partial charge in [0.2, 0.25) is 5.91 Å². The summed E-state index contributed by atoms with van der Waals surface area (Å²) in [5, 5.41) is 0. The number of amides is 1. The summed E-state index contributed by atoms with van der Waals surface area (Å²) in [4.78, 5) is 13.3. The van der Waals surface area contributed by atoms with Gasteiger partial charge in [-0.05, 0) is 6.92 Å². The van der Waals surface area contributed by atoms with Gasteiger partial charge in [-0.3, -0.25) is 15.1 Å². The van der Waals surface area contributed by atoms with Crippen molar-refractivity contribution in [2.45, 2.75) is 19.4 Å². The van der Waals surface area contributed by atoms with Gasteiger partial charge in [-0.1, -0.05) is 0 Å². The van der Waals surface area contributed by atoms with Gasteiger partial charge >= 0.3 is 0 Å². The molecule has 0 aromatic rings. The molecule has 0 aromatic heterocycles. The minimum absolute atomic E-state index is 0.119. The van der Waals surface area contributed by atoms with E-state index in [0.29, 0.717) is 19.6 Å². The van der Waals surface area contributed by atoms with Gasteiger partial charge in [-0.15, -0.1) is 0 Å². The highest BCUT2D eigenvalue weighted by Crippen LogP contribution is 2.03. The Balaban J connectivity index is 4.07. The van der Waals surface area contributed by atoms with E-state index < -0.39 is 0 Å². The van der Waals surface area contributed by atoms with Crippen LogP contribution in [0.2, 0.25) is 0 Å². The van der Waals surface area contributed by atoms with Crippen molar-refractivity contribution in [2.75, 3.05) is 40.5 Å². The molecule has 0 aliphatic rings. The highest BCUT2D eigenvalue weighted by atomic mass is 16.5. The van der Waals surface area contributed by atoms with E-state index in [2.05, 4.69) is 10.3 Å². The number of hydrogen-bond acceptors (Lipinski definition) is 5. The Hall–Kier alpha value is -0.690. The third kappa shape index (κ3) is 6.73. The van der Waals surface area contributed by atoms with Gasteiger partial charge in [0.25, 0.3) is 0 Å². The number of hydrogen-bond donors (Lipinski definition) is 2. The largest absolute Gasteiger partial charge is 0.383 e. The summed E-state index contributed by atoms with van der Waals surface area (Å²) < 4.78 is 10.1. The molecule has 6 heteroatoms. The number of methoxy groups -OCH3 is 2. The SMILES string of the molecule is COCCN(CCOC)C(C)CC(=O)NN. The standard InChI is InChI=1S/C10H23N3O3/c1-9(8-10(14)12-11)13(4-6-15-2)5-7-16-3/h9H,4-8,11H2,1-3H3,(H,12,14). The van der Waals surface area contributed by atoms with Crippen molar-refractivity contribution in [2.24, 2.45) is 5.84 Å². The fraction of sp³-hybridized carbons (Fsp3) is 0.900. The van der Waals surface area contributed by atoms with Crippen LogP contribution in [0.25, 0.3) is 0 Å². The molecule has 1 atom stereocenters. The summed E-state index contributed by atoms with van der Waals surface area (Å²) in [5.74, 6) is 4.89. The molecule has 16 heavy (non-hydrogen) atoms. The zero-order valence-electron chi connectivity index (χ0n) is 10.4. The zero-order valence-corrected chi connectivity index (χ0v) is 10.4. The topological polar surface area (TPSA) is 76.8 Å². The zero-order chi connectivity index (χ0) is 12.4. The molecule has 0 radical (unpaired) electrons. The van der Waals surface area contributed by atoms with Gasteiger partial charge in [0.1, 0.15) is 0 Å². The maximum absolute atomic E-state index is 11.1. The first kappa shape index (κ1) is 15.3. The first-order valence-electron chi connectivity index (χ1n) is 5.37. The second kappa shape index (κ2) is 9.53. The number of ether oxygens (including phenoxy) is 2. The lowest BCUT2D eigenvalue weighted by Gasteiger charge is -2.28. The Kier molecular flexibility index (Phi) is 9.12. The van der Waals surface area contributed by atoms with Crippen molar-refractivity contribution >= 4 is 5.91 Å². The molecule has 0 bridgehead atoms. The molecule has 96 valence electrons. The van der Waals surface area contributed by atoms with E-state index in [1.54, 1.807) is 14.2 Å². The van der Waals surface area contributed by atoms with E-state index in [4.69, 9.17) is 15.3 Å². The molecule has 3 N–H and O–H groups in total. The van der Waals surface area contributed by atoms with Crippen LogP contribution in [0.4, 0.5) is 0 Å². The molecule has 0 aliphatic carbocycles. The molecule has 0 aliphatic heterocycles. The third-order valence-electron chi connectivity index (χ3n) is 2.43. The predicted octanol–water partition coefficient (Wildman–Crippen LogP) is -0.650. The molecule has 0 saturated carbocycles. The monoisotopic (exact) mass is 233 g/mol. The van der Waals surface area contributed by atoms with E-state index in [-0.39, 0.29) is 11.9 Å². The van der Waals surface area contributed by atoms with Crippen LogP contribution in [0.3, 0.4) is 0 Å². The summed E-state index contributed by atoms with van der Waals surface area (Å²) in [6.45, 7) is 4.81. The lowest BCUT2D eigenvalue weighted by atomic mass is 10.2. The van der Waals surface area contributed by atoms with Crippen LogP contribution in [-0.2, 0) is 14.3 Å². The summed E-state index contributed by atoms with van der Waals surface area (Å²) in [5.41, 5.74) is 2.13. The van der Waals surface area contributed by atoms with Crippen molar-refractivity contribution in [1.82, 2.24) is 10.3 Å². The van der Waals surface area contributed by atoms with Gasteiger partial charge in [-0.2, -0.15) is 0 Å². The fourth-order valence-electron chi connectivity index (χ4n) is 1.43. The molecule has 0 spiro atoms. The van der Waals surface area contributed by atoms with Gasteiger partial charge in [-0.25, -0.2) is 5.84 Å². The number of nitrogens with zero attached hydrogens (tertiary/aromatic N) is 1. The number of carbonyl (C=O) groups excluding carboxylic acids is 1. The molecule has 0 rings (SSSR count). The van der Waals surface area contributed by atoms with Gasteiger partial charge in [0.05, 0.1) is 13.2 Å². The minimum atomic E-state index is -0.160. The normalized spacial score (nSPS) is 12.8. The van der Waals surface area contributed by atoms with Crippen LogP contribution in [-0.4, -0.2) is 57.4 Å². The molecular weight excluding hydrogens is 210 g/mol. The molecule has 0 heterocycles. The Bertz CT molecular complexity index is 182. The Morgan fingerprint density at radius 3 is 2.19 bits per heavy atom. The summed E-state index contributed by atoms with van der Waals surface area (Å²) in [7, 11) is 3.32. The Morgan fingerprint density at radius 1 is 1.31 bits per heavy atom. The second-order valence-corrected chi connectivity index (χ2v) is 3.64. The van der Waals surface area contributed by atoms with Gasteiger partial charge in [0, 0.05) is 39.8 Å². The summed E-state index contributed by atoms with van der Waals surface area (Å²) >= 11 is 0. The first-order valence-corrected chi connectivity index (χ1v) is 5.37. The maximum Gasteiger partial charge on any atom is 0.235 e. The minimum Gasteiger partial charge on any atom is -0.383 e. The highest BCUT2D eigenvalue weighted by Gasteiger charge is 2.16. The second-order valence-electron chi connectivity index (χ2n) is 3.64. The average molecular weight is 233 g/mol. The smallest absolute Gasteiger partial charge is 0.235 e. The maximum atomic E-state index is 11.1. The van der Waals surface area contributed by atoms with E-state index in [1.165, 1.54) is 0 Å². The van der Waals surface area contributed by atoms with Crippen molar-refractivity contribution in [3.63, 3.8) is 0 Å². The van der Waals surface area contributed by atoms with Crippen LogP contribution in [0.1, 0.15) is 13.3 Å². The Labute approximate surface area is 97.0 Å². The number of rotatable bonds is 9. The molecular formula is C10H23N3O3. The van der Waals surface area contributed by atoms with Gasteiger partial charge < -0.3 is 9.47 Å². The van der Waals surface area contributed by atoms with Crippen molar-refractivity contribution in [3.05, 3.63) is 0 Å². The Morgan fingerprint density at radius 2 is 1.81 bits per heavy atom. The highest BCUT2D eigenvalue weighted by molar-refractivity contribution is 5.75. The molecule has 0 aromatic carbocycles. The third-order valence-corrected chi connectivity index (χ3v) is 2.43. The van der Waals surface area contributed by atoms with Crippen LogP contribution < -0.4 is 11.3 Å². The fourth-order valence-corrected chi connectivity index (χ4v) is 1.43. The summed E-state index contributed by atoms with van der Waals surface area (Å²) in [6, 6.07) is 0.119. The number of nitrogens with two attached hydrogens (primary N) is 1. The molecule has 1 unspecified atom stereocenters. The van der Waals surface area contributed by atoms with Crippen LogP contribution in [0.15, 0.2) is 0 Å². The first-order chi connectivity index (χ1) is 7.65. The predicted molar refractivity (Wildman–Crippen MR) is 61.7 cm³/mol. The van der Waals surface area contributed by atoms with Crippen LogP contribution >= 0.6 is 0 Å². The van der Waals surface area contributed by atoms with Crippen LogP contribution in [0, 0.1) is 0 Å². The van der Waals surface area contributed by atoms with E-state index in [1.807, 2.05) is 6.92 Å². The quantitative estimate of drug-likeness (QED) is 0.314. The average Bonchev–Trinajstić information content (AvgIpc) is 2.28. The van der Waals surface area contributed by atoms with E-state index >= 15 is 0 Å². The summed E-state index contributed by atoms with van der Waals surface area (Å²) in [6.07, 6.45) is 0.379. The number of carbonyl (C=O) groups is 1. The van der Waals surface area contributed by atoms with Crippen molar-refractivity contribution in [3.8, 4) is 0 Å². The lowest BCUT2D eigenvalue weighted by Crippen LogP contribution is -2.42. The van der Waals surface area contributed by atoms with Crippen LogP contribution in [0.5, 0.6) is 0 Å². The van der Waals surface area contributed by atoms with Crippen molar-refractivity contribution < 1.29 is 14.3 Å². The molecule has 0 saturated heterocycles. The van der Waals surface area contributed by atoms with Gasteiger partial charge in [0.15, 0.2) is 0 Å². The lowest BCUT2D eigenvalue weighted by molar-refractivity contribution is -0.122. The molecule has 0 fully saturated rings. The number of hydrazine groups is 1. The number of nitrogens with one attached hydrogen (secondary N) is 1.